The average Bonchev–Trinajstić information content (AvgIpc) is 2.66. The van der Waals surface area contributed by atoms with Gasteiger partial charge < -0.3 is 10.3 Å². The average molecular weight is 259 g/mol. The molecule has 0 spiro atoms. The lowest BCUT2D eigenvalue weighted by Crippen LogP contribution is -2.05. The number of benzene rings is 1. The number of nitrogens with zero attached hydrogens (tertiary/aromatic N) is 3. The molecule has 3 rings (SSSR count). The SMILES string of the molecule is Nc1nc2cc(Cl)ccc2n1Cc1ccccn1. The molecule has 90 valence electrons. The highest BCUT2D eigenvalue weighted by Crippen LogP contribution is 2.22. The maximum atomic E-state index is 5.94. The Balaban J connectivity index is 2.09. The van der Waals surface area contributed by atoms with Crippen LogP contribution < -0.4 is 5.73 Å². The maximum Gasteiger partial charge on any atom is 0.201 e. The first-order chi connectivity index (χ1) is 8.74. The van der Waals surface area contributed by atoms with Crippen LogP contribution in [0.4, 0.5) is 5.95 Å². The van der Waals surface area contributed by atoms with Gasteiger partial charge in [-0.05, 0) is 30.3 Å². The molecule has 1 aromatic carbocycles. The van der Waals surface area contributed by atoms with Crippen molar-refractivity contribution in [2.24, 2.45) is 0 Å². The lowest BCUT2D eigenvalue weighted by Gasteiger charge is -2.05. The lowest BCUT2D eigenvalue weighted by atomic mass is 10.3. The van der Waals surface area contributed by atoms with Gasteiger partial charge in [0.15, 0.2) is 0 Å². The number of hydrogen-bond acceptors (Lipinski definition) is 3. The summed E-state index contributed by atoms with van der Waals surface area (Å²) in [6.45, 7) is 0.602. The first-order valence-electron chi connectivity index (χ1n) is 5.55. The zero-order chi connectivity index (χ0) is 12.5. The standard InChI is InChI=1S/C13H11ClN4/c14-9-4-5-12-11(7-9)17-13(15)18(12)8-10-3-1-2-6-16-10/h1-7H,8H2,(H2,15,17). The fourth-order valence-electron chi connectivity index (χ4n) is 1.94. The van der Waals surface area contributed by atoms with Gasteiger partial charge in [0.25, 0.3) is 0 Å². The van der Waals surface area contributed by atoms with E-state index in [2.05, 4.69) is 9.97 Å². The van der Waals surface area contributed by atoms with Gasteiger partial charge in [-0.3, -0.25) is 4.98 Å². The smallest absolute Gasteiger partial charge is 0.201 e. The first-order valence-corrected chi connectivity index (χ1v) is 5.93. The molecule has 2 heterocycles. The Morgan fingerprint density at radius 2 is 2.11 bits per heavy atom. The molecule has 2 aromatic heterocycles. The summed E-state index contributed by atoms with van der Waals surface area (Å²) in [6.07, 6.45) is 1.77. The molecule has 4 nitrogen and oxygen atoms in total. The second kappa shape index (κ2) is 4.31. The van der Waals surface area contributed by atoms with Crippen LogP contribution in [0.1, 0.15) is 5.69 Å². The lowest BCUT2D eigenvalue weighted by molar-refractivity contribution is 0.809. The molecule has 0 atom stereocenters. The van der Waals surface area contributed by atoms with Gasteiger partial charge in [-0.15, -0.1) is 0 Å². The Morgan fingerprint density at radius 3 is 2.89 bits per heavy atom. The van der Waals surface area contributed by atoms with E-state index in [4.69, 9.17) is 17.3 Å². The molecule has 18 heavy (non-hydrogen) atoms. The number of anilines is 1. The quantitative estimate of drug-likeness (QED) is 0.769. The van der Waals surface area contributed by atoms with Gasteiger partial charge in [0.1, 0.15) is 0 Å². The molecule has 0 saturated heterocycles. The van der Waals surface area contributed by atoms with Gasteiger partial charge in [-0.2, -0.15) is 0 Å². The number of fused-ring (bicyclic) bond motifs is 1. The van der Waals surface area contributed by atoms with Crippen LogP contribution in [0.2, 0.25) is 5.02 Å². The largest absolute Gasteiger partial charge is 0.369 e. The topological polar surface area (TPSA) is 56.7 Å². The molecule has 2 N–H and O–H groups in total. The Bertz CT molecular complexity index is 691. The van der Waals surface area contributed by atoms with Crippen molar-refractivity contribution in [2.75, 3.05) is 5.73 Å². The van der Waals surface area contributed by atoms with E-state index in [9.17, 15) is 0 Å². The van der Waals surface area contributed by atoms with E-state index >= 15 is 0 Å². The summed E-state index contributed by atoms with van der Waals surface area (Å²) in [5.41, 5.74) is 8.64. The minimum atomic E-state index is 0.470. The van der Waals surface area contributed by atoms with Crippen molar-refractivity contribution in [1.29, 1.82) is 0 Å². The number of halogens is 1. The van der Waals surface area contributed by atoms with Crippen molar-refractivity contribution >= 4 is 28.6 Å². The summed E-state index contributed by atoms with van der Waals surface area (Å²) in [5, 5.41) is 0.657. The third-order valence-corrected chi connectivity index (χ3v) is 3.02. The number of pyridine rings is 1. The molecule has 0 unspecified atom stereocenters. The third kappa shape index (κ3) is 1.91. The Hall–Kier alpha value is -2.07. The van der Waals surface area contributed by atoms with Crippen LogP contribution in [0.15, 0.2) is 42.6 Å². The highest BCUT2D eigenvalue weighted by molar-refractivity contribution is 6.31. The third-order valence-electron chi connectivity index (χ3n) is 2.79. The van der Waals surface area contributed by atoms with Crippen LogP contribution in [-0.2, 0) is 6.54 Å². The molecule has 0 saturated carbocycles. The van der Waals surface area contributed by atoms with Gasteiger partial charge >= 0.3 is 0 Å². The molecular weight excluding hydrogens is 248 g/mol. The van der Waals surface area contributed by atoms with E-state index < -0.39 is 0 Å². The van der Waals surface area contributed by atoms with Crippen molar-refractivity contribution in [1.82, 2.24) is 14.5 Å². The summed E-state index contributed by atoms with van der Waals surface area (Å²) in [5.74, 6) is 0.470. The molecular formula is C13H11ClN4. The number of rotatable bonds is 2. The zero-order valence-corrected chi connectivity index (χ0v) is 10.3. The molecule has 0 amide bonds. The van der Waals surface area contributed by atoms with Gasteiger partial charge in [0.2, 0.25) is 5.95 Å². The predicted molar refractivity (Wildman–Crippen MR) is 72.5 cm³/mol. The van der Waals surface area contributed by atoms with Crippen LogP contribution in [0.25, 0.3) is 11.0 Å². The number of nitrogen functional groups attached to an aromatic ring is 1. The molecule has 5 heteroatoms. The fourth-order valence-corrected chi connectivity index (χ4v) is 2.11. The highest BCUT2D eigenvalue weighted by atomic mass is 35.5. The Kier molecular flexibility index (Phi) is 2.64. The van der Waals surface area contributed by atoms with Crippen molar-refractivity contribution in [3.05, 3.63) is 53.3 Å². The molecule has 0 aliphatic heterocycles. The second-order valence-corrected chi connectivity index (χ2v) is 4.45. The molecule has 0 fully saturated rings. The molecule has 0 aliphatic carbocycles. The summed E-state index contributed by atoms with van der Waals surface area (Å²) in [4.78, 5) is 8.59. The van der Waals surface area contributed by atoms with Gasteiger partial charge in [-0.1, -0.05) is 17.7 Å². The monoisotopic (exact) mass is 258 g/mol. The summed E-state index contributed by atoms with van der Waals surface area (Å²) >= 11 is 5.94. The summed E-state index contributed by atoms with van der Waals surface area (Å²) in [6, 6.07) is 11.4. The molecule has 0 radical (unpaired) electrons. The summed E-state index contributed by atoms with van der Waals surface area (Å²) in [7, 11) is 0. The summed E-state index contributed by atoms with van der Waals surface area (Å²) < 4.78 is 1.92. The zero-order valence-electron chi connectivity index (χ0n) is 9.55. The fraction of sp³-hybridized carbons (Fsp3) is 0.0769. The van der Waals surface area contributed by atoms with Crippen LogP contribution in [-0.4, -0.2) is 14.5 Å². The second-order valence-electron chi connectivity index (χ2n) is 4.01. The van der Waals surface area contributed by atoms with Crippen LogP contribution >= 0.6 is 11.6 Å². The van der Waals surface area contributed by atoms with Gasteiger partial charge in [-0.25, -0.2) is 4.98 Å². The van der Waals surface area contributed by atoms with Gasteiger partial charge in [0.05, 0.1) is 23.3 Å². The van der Waals surface area contributed by atoms with E-state index in [1.165, 1.54) is 0 Å². The van der Waals surface area contributed by atoms with Crippen molar-refractivity contribution in [3.63, 3.8) is 0 Å². The van der Waals surface area contributed by atoms with Crippen LogP contribution in [0.5, 0.6) is 0 Å². The normalized spacial score (nSPS) is 10.9. The molecule has 0 bridgehead atoms. The van der Waals surface area contributed by atoms with Gasteiger partial charge in [0, 0.05) is 11.2 Å². The van der Waals surface area contributed by atoms with Crippen LogP contribution in [0.3, 0.4) is 0 Å². The number of nitrogens with two attached hydrogens (primary N) is 1. The predicted octanol–water partition coefficient (Wildman–Crippen LogP) is 2.72. The molecule has 3 aromatic rings. The number of hydrogen-bond donors (Lipinski definition) is 1. The maximum absolute atomic E-state index is 5.94. The van der Waals surface area contributed by atoms with E-state index in [1.807, 2.05) is 41.0 Å². The first kappa shape index (κ1) is 11.0. The minimum absolute atomic E-state index is 0.470. The van der Waals surface area contributed by atoms with Crippen molar-refractivity contribution in [2.45, 2.75) is 6.54 Å². The number of aromatic nitrogens is 3. The Labute approximate surface area is 109 Å². The number of imidazole rings is 1. The highest BCUT2D eigenvalue weighted by Gasteiger charge is 2.09. The Morgan fingerprint density at radius 1 is 1.22 bits per heavy atom. The van der Waals surface area contributed by atoms with Crippen LogP contribution in [0, 0.1) is 0 Å². The van der Waals surface area contributed by atoms with E-state index in [-0.39, 0.29) is 0 Å². The molecule has 0 aliphatic rings. The van der Waals surface area contributed by atoms with Crippen molar-refractivity contribution < 1.29 is 0 Å². The van der Waals surface area contributed by atoms with Crippen molar-refractivity contribution in [3.8, 4) is 0 Å². The minimum Gasteiger partial charge on any atom is -0.369 e. The van der Waals surface area contributed by atoms with E-state index in [1.54, 1.807) is 6.20 Å². The van der Waals surface area contributed by atoms with E-state index in [0.717, 1.165) is 16.7 Å². The van der Waals surface area contributed by atoms with E-state index in [0.29, 0.717) is 17.5 Å².